The predicted octanol–water partition coefficient (Wildman–Crippen LogP) is 3.45. The minimum atomic E-state index is -3.34. The summed E-state index contributed by atoms with van der Waals surface area (Å²) in [6.07, 6.45) is 2.11. The fourth-order valence-corrected chi connectivity index (χ4v) is 3.12. The summed E-state index contributed by atoms with van der Waals surface area (Å²) in [4.78, 5) is 12.7. The molecule has 0 aliphatic carbocycles. The molecule has 1 unspecified atom stereocenters. The van der Waals surface area contributed by atoms with Crippen LogP contribution in [-0.2, 0) is 16.3 Å². The summed E-state index contributed by atoms with van der Waals surface area (Å²) in [5, 5.41) is 2.94. The van der Waals surface area contributed by atoms with Gasteiger partial charge in [-0.1, -0.05) is 37.3 Å². The van der Waals surface area contributed by atoms with Crippen LogP contribution in [0.3, 0.4) is 0 Å². The van der Waals surface area contributed by atoms with E-state index in [1.54, 1.807) is 13.0 Å². The molecule has 1 N–H and O–H groups in total. The molecule has 0 aliphatic heterocycles. The number of carbonyl (C=O) groups excluding carboxylic acids is 1. The lowest BCUT2D eigenvalue weighted by Gasteiger charge is -2.16. The molecule has 4 nitrogen and oxygen atoms in total. The number of sulfone groups is 1. The van der Waals surface area contributed by atoms with Crippen molar-refractivity contribution in [2.24, 2.45) is 0 Å². The Hall–Kier alpha value is -2.14. The molecule has 1 atom stereocenters. The van der Waals surface area contributed by atoms with E-state index in [0.29, 0.717) is 5.56 Å². The molecule has 0 radical (unpaired) electrons. The van der Waals surface area contributed by atoms with Gasteiger partial charge in [0.05, 0.1) is 10.9 Å². The summed E-state index contributed by atoms with van der Waals surface area (Å²) in [6, 6.07) is 12.6. The van der Waals surface area contributed by atoms with Gasteiger partial charge in [0.25, 0.3) is 5.91 Å². The van der Waals surface area contributed by atoms with Gasteiger partial charge >= 0.3 is 0 Å². The maximum Gasteiger partial charge on any atom is 0.252 e. The Morgan fingerprint density at radius 3 is 2.29 bits per heavy atom. The lowest BCUT2D eigenvalue weighted by molar-refractivity contribution is 0.0939. The number of amides is 1. The predicted molar refractivity (Wildman–Crippen MR) is 96.0 cm³/mol. The van der Waals surface area contributed by atoms with Crippen molar-refractivity contribution in [1.29, 1.82) is 0 Å². The third-order valence-electron chi connectivity index (χ3n) is 4.12. The third kappa shape index (κ3) is 4.23. The van der Waals surface area contributed by atoms with Gasteiger partial charge in [0.2, 0.25) is 0 Å². The van der Waals surface area contributed by atoms with E-state index in [1.165, 1.54) is 17.7 Å². The molecule has 0 aliphatic rings. The maximum atomic E-state index is 12.5. The van der Waals surface area contributed by atoms with Crippen molar-refractivity contribution in [3.63, 3.8) is 0 Å². The smallest absolute Gasteiger partial charge is 0.252 e. The van der Waals surface area contributed by atoms with Crippen molar-refractivity contribution < 1.29 is 13.2 Å². The van der Waals surface area contributed by atoms with Crippen molar-refractivity contribution in [3.05, 3.63) is 64.7 Å². The van der Waals surface area contributed by atoms with Crippen LogP contribution >= 0.6 is 0 Å². The number of aryl methyl sites for hydroxylation is 2. The van der Waals surface area contributed by atoms with Crippen LogP contribution in [0, 0.1) is 6.92 Å². The first-order valence-corrected chi connectivity index (χ1v) is 9.82. The first kappa shape index (κ1) is 18.2. The summed E-state index contributed by atoms with van der Waals surface area (Å²) in [6.45, 7) is 5.80. The van der Waals surface area contributed by atoms with Crippen molar-refractivity contribution in [2.45, 2.75) is 38.1 Å². The van der Waals surface area contributed by atoms with Crippen molar-refractivity contribution in [2.75, 3.05) is 6.26 Å². The van der Waals surface area contributed by atoms with Gasteiger partial charge in [0.15, 0.2) is 9.84 Å². The van der Waals surface area contributed by atoms with E-state index in [4.69, 9.17) is 0 Å². The standard InChI is InChI=1S/C19H23NO3S/c1-5-15-7-9-16(10-8-15)14(3)20-19(21)18-12-17(24(4,22)23)11-6-13(18)2/h6-12,14H,5H2,1-4H3,(H,20,21). The first-order valence-electron chi connectivity index (χ1n) is 7.92. The molecule has 1 amide bonds. The Morgan fingerprint density at radius 2 is 1.75 bits per heavy atom. The van der Waals surface area contributed by atoms with E-state index in [1.807, 2.05) is 31.2 Å². The summed E-state index contributed by atoms with van der Waals surface area (Å²) in [5.41, 5.74) is 3.38. The Balaban J connectivity index is 2.22. The van der Waals surface area contributed by atoms with Gasteiger partial charge in [-0.05, 0) is 49.1 Å². The number of nitrogens with one attached hydrogen (secondary N) is 1. The van der Waals surface area contributed by atoms with Crippen LogP contribution in [0.2, 0.25) is 0 Å². The number of rotatable bonds is 5. The van der Waals surface area contributed by atoms with E-state index in [-0.39, 0.29) is 16.8 Å². The normalized spacial score (nSPS) is 12.7. The van der Waals surface area contributed by atoms with Crippen molar-refractivity contribution in [3.8, 4) is 0 Å². The Morgan fingerprint density at radius 1 is 1.12 bits per heavy atom. The van der Waals surface area contributed by atoms with Gasteiger partial charge in [-0.25, -0.2) is 8.42 Å². The molecular weight excluding hydrogens is 322 g/mol. The molecule has 128 valence electrons. The summed E-state index contributed by atoms with van der Waals surface area (Å²) >= 11 is 0. The average Bonchev–Trinajstić information content (AvgIpc) is 2.54. The quantitative estimate of drug-likeness (QED) is 0.903. The van der Waals surface area contributed by atoms with Crippen molar-refractivity contribution >= 4 is 15.7 Å². The lowest BCUT2D eigenvalue weighted by atomic mass is 10.0. The number of hydrogen-bond donors (Lipinski definition) is 1. The van der Waals surface area contributed by atoms with Gasteiger partial charge in [0, 0.05) is 11.8 Å². The molecule has 0 heterocycles. The van der Waals surface area contributed by atoms with Crippen LogP contribution in [0.4, 0.5) is 0 Å². The topological polar surface area (TPSA) is 63.2 Å². The molecular formula is C19H23NO3S. The van der Waals surface area contributed by atoms with Crippen molar-refractivity contribution in [1.82, 2.24) is 5.32 Å². The second-order valence-corrected chi connectivity index (χ2v) is 8.05. The van der Waals surface area contributed by atoms with Gasteiger partial charge in [0.1, 0.15) is 0 Å². The van der Waals surface area contributed by atoms with Crippen LogP contribution in [0.5, 0.6) is 0 Å². The van der Waals surface area contributed by atoms with Crippen LogP contribution in [0.25, 0.3) is 0 Å². The Kier molecular flexibility index (Phi) is 5.44. The van der Waals surface area contributed by atoms with Crippen LogP contribution in [0.15, 0.2) is 47.4 Å². The zero-order chi connectivity index (χ0) is 17.9. The minimum absolute atomic E-state index is 0.151. The van der Waals surface area contributed by atoms with Crippen LogP contribution < -0.4 is 5.32 Å². The zero-order valence-electron chi connectivity index (χ0n) is 14.5. The fourth-order valence-electron chi connectivity index (χ4n) is 2.48. The van der Waals surface area contributed by atoms with Gasteiger partial charge in [-0.2, -0.15) is 0 Å². The minimum Gasteiger partial charge on any atom is -0.346 e. The molecule has 0 spiro atoms. The molecule has 0 saturated heterocycles. The van der Waals surface area contributed by atoms with Gasteiger partial charge in [-0.15, -0.1) is 0 Å². The Bertz CT molecular complexity index is 839. The highest BCUT2D eigenvalue weighted by atomic mass is 32.2. The Labute approximate surface area is 143 Å². The molecule has 2 aromatic carbocycles. The number of carbonyl (C=O) groups is 1. The molecule has 5 heteroatoms. The largest absolute Gasteiger partial charge is 0.346 e. The summed E-state index contributed by atoms with van der Waals surface area (Å²) < 4.78 is 23.4. The maximum absolute atomic E-state index is 12.5. The van der Waals surface area contributed by atoms with Gasteiger partial charge in [-0.3, -0.25) is 4.79 Å². The summed E-state index contributed by atoms with van der Waals surface area (Å²) in [7, 11) is -3.34. The molecule has 0 bridgehead atoms. The molecule has 0 aromatic heterocycles. The SMILES string of the molecule is CCc1ccc(C(C)NC(=O)c2cc(S(C)(=O)=O)ccc2C)cc1. The van der Waals surface area contributed by atoms with Crippen LogP contribution in [-0.4, -0.2) is 20.6 Å². The second-order valence-electron chi connectivity index (χ2n) is 6.04. The molecule has 2 aromatic rings. The van der Waals surface area contributed by atoms with Crippen LogP contribution in [0.1, 0.15) is 46.9 Å². The molecule has 24 heavy (non-hydrogen) atoms. The first-order chi connectivity index (χ1) is 11.2. The average molecular weight is 345 g/mol. The highest BCUT2D eigenvalue weighted by Gasteiger charge is 2.16. The van der Waals surface area contributed by atoms with E-state index < -0.39 is 9.84 Å². The monoisotopic (exact) mass is 345 g/mol. The van der Waals surface area contributed by atoms with E-state index in [9.17, 15) is 13.2 Å². The van der Waals surface area contributed by atoms with Gasteiger partial charge < -0.3 is 5.32 Å². The van der Waals surface area contributed by atoms with E-state index >= 15 is 0 Å². The lowest BCUT2D eigenvalue weighted by Crippen LogP contribution is -2.27. The molecule has 2 rings (SSSR count). The molecule has 0 saturated carbocycles. The molecule has 0 fully saturated rings. The number of hydrogen-bond acceptors (Lipinski definition) is 3. The highest BCUT2D eigenvalue weighted by molar-refractivity contribution is 7.90. The second kappa shape index (κ2) is 7.18. The summed E-state index contributed by atoms with van der Waals surface area (Å²) in [5.74, 6) is -0.273. The van der Waals surface area contributed by atoms with E-state index in [2.05, 4.69) is 12.2 Å². The third-order valence-corrected chi connectivity index (χ3v) is 5.23. The zero-order valence-corrected chi connectivity index (χ0v) is 15.3. The fraction of sp³-hybridized carbons (Fsp3) is 0.316. The highest BCUT2D eigenvalue weighted by Crippen LogP contribution is 2.18. The number of benzene rings is 2. The van der Waals surface area contributed by atoms with E-state index in [0.717, 1.165) is 23.8 Å².